The minimum absolute atomic E-state index is 0.0288. The Morgan fingerprint density at radius 1 is 1.18 bits per heavy atom. The van der Waals surface area contributed by atoms with Gasteiger partial charge in [0.05, 0.1) is 0 Å². The van der Waals surface area contributed by atoms with Gasteiger partial charge in [-0.25, -0.2) is 0 Å². The van der Waals surface area contributed by atoms with E-state index in [2.05, 4.69) is 20.4 Å². The first-order valence-electron chi connectivity index (χ1n) is 10.7. The van der Waals surface area contributed by atoms with Gasteiger partial charge in [-0.1, -0.05) is 38.0 Å². The average molecular weight is 389 g/mol. The van der Waals surface area contributed by atoms with Crippen molar-refractivity contribution in [3.8, 4) is 0 Å². The predicted molar refractivity (Wildman–Crippen MR) is 109 cm³/mol. The molecule has 0 heterocycles. The van der Waals surface area contributed by atoms with E-state index >= 15 is 0 Å². The number of carbonyl (C=O) groups excluding carboxylic acids is 2. The van der Waals surface area contributed by atoms with Crippen LogP contribution in [-0.2, 0) is 19.1 Å². The molecule has 3 aliphatic rings. The second-order valence-electron chi connectivity index (χ2n) is 9.82. The maximum absolute atomic E-state index is 11.8. The smallest absolute Gasteiger partial charge is 0.303 e. The van der Waals surface area contributed by atoms with E-state index in [0.29, 0.717) is 30.1 Å². The molecule has 3 unspecified atom stereocenters. The molecule has 0 aromatic carbocycles. The summed E-state index contributed by atoms with van der Waals surface area (Å²) in [7, 11) is 0. The van der Waals surface area contributed by atoms with Crippen LogP contribution < -0.4 is 0 Å². The number of ether oxygens (including phenoxy) is 2. The van der Waals surface area contributed by atoms with Gasteiger partial charge in [0.2, 0.25) is 0 Å². The molecule has 28 heavy (non-hydrogen) atoms. The first kappa shape index (κ1) is 21.1. The Balaban J connectivity index is 1.82. The molecule has 156 valence electrons. The van der Waals surface area contributed by atoms with Crippen LogP contribution in [0.1, 0.15) is 67.2 Å². The summed E-state index contributed by atoms with van der Waals surface area (Å²) in [5, 5.41) is 0. The molecular formula is C24H36O4. The molecule has 0 spiro atoms. The van der Waals surface area contributed by atoms with E-state index in [4.69, 9.17) is 9.47 Å². The number of rotatable bonds is 6. The number of hydrogen-bond acceptors (Lipinski definition) is 4. The normalized spacial score (nSPS) is 39.2. The Morgan fingerprint density at radius 3 is 2.43 bits per heavy atom. The maximum atomic E-state index is 11.8. The van der Waals surface area contributed by atoms with Crippen LogP contribution in [0.25, 0.3) is 0 Å². The minimum Gasteiger partial charge on any atom is -0.462 e. The molecule has 3 saturated carbocycles. The van der Waals surface area contributed by atoms with Crippen LogP contribution >= 0.6 is 0 Å². The lowest BCUT2D eigenvalue weighted by molar-refractivity contribution is -0.177. The van der Waals surface area contributed by atoms with Gasteiger partial charge in [-0.05, 0) is 62.4 Å². The molecule has 0 aromatic rings. The van der Waals surface area contributed by atoms with Gasteiger partial charge in [0.15, 0.2) is 0 Å². The van der Waals surface area contributed by atoms with Gasteiger partial charge in [-0.15, -0.1) is 0 Å². The van der Waals surface area contributed by atoms with Crippen molar-refractivity contribution in [3.63, 3.8) is 0 Å². The molecular weight excluding hydrogens is 352 g/mol. The molecule has 0 radical (unpaired) electrons. The lowest BCUT2D eigenvalue weighted by Crippen LogP contribution is -2.57. The molecule has 8 atom stereocenters. The monoisotopic (exact) mass is 388 g/mol. The van der Waals surface area contributed by atoms with Crippen molar-refractivity contribution in [2.75, 3.05) is 0 Å². The first-order valence-corrected chi connectivity index (χ1v) is 10.7. The van der Waals surface area contributed by atoms with Gasteiger partial charge in [-0.3, -0.25) is 9.59 Å². The van der Waals surface area contributed by atoms with E-state index in [1.807, 2.05) is 19.9 Å². The van der Waals surface area contributed by atoms with E-state index in [-0.39, 0.29) is 29.6 Å². The van der Waals surface area contributed by atoms with Gasteiger partial charge in [0.25, 0.3) is 0 Å². The van der Waals surface area contributed by atoms with Crippen molar-refractivity contribution >= 4 is 11.9 Å². The molecule has 4 nitrogen and oxygen atoms in total. The topological polar surface area (TPSA) is 52.6 Å². The highest BCUT2D eigenvalue weighted by molar-refractivity contribution is 5.66. The van der Waals surface area contributed by atoms with E-state index in [1.165, 1.54) is 26.7 Å². The lowest BCUT2D eigenvalue weighted by Gasteiger charge is -2.59. The van der Waals surface area contributed by atoms with Crippen molar-refractivity contribution in [1.29, 1.82) is 0 Å². The quantitative estimate of drug-likeness (QED) is 0.470. The number of allylic oxidation sites excluding steroid dienone is 1. The summed E-state index contributed by atoms with van der Waals surface area (Å²) in [6.07, 6.45) is 5.70. The molecule has 0 saturated heterocycles. The molecule has 0 N–H and O–H groups in total. The molecule has 0 aliphatic heterocycles. The minimum atomic E-state index is -0.272. The molecule has 4 heteroatoms. The fraction of sp³-hybridized carbons (Fsp3) is 0.750. The van der Waals surface area contributed by atoms with Crippen molar-refractivity contribution in [2.45, 2.75) is 79.4 Å². The van der Waals surface area contributed by atoms with Gasteiger partial charge >= 0.3 is 11.9 Å². The van der Waals surface area contributed by atoms with Crippen LogP contribution in [-0.4, -0.2) is 24.1 Å². The molecule has 3 aliphatic carbocycles. The summed E-state index contributed by atoms with van der Waals surface area (Å²) in [6.45, 7) is 16.1. The summed E-state index contributed by atoms with van der Waals surface area (Å²) >= 11 is 0. The van der Waals surface area contributed by atoms with Gasteiger partial charge in [0.1, 0.15) is 12.2 Å². The molecule has 3 rings (SSSR count). The zero-order valence-electron chi connectivity index (χ0n) is 18.3. The van der Waals surface area contributed by atoms with Crippen molar-refractivity contribution < 1.29 is 19.1 Å². The Labute approximate surface area is 169 Å². The van der Waals surface area contributed by atoms with Gasteiger partial charge < -0.3 is 9.47 Å². The zero-order valence-corrected chi connectivity index (χ0v) is 18.3. The summed E-state index contributed by atoms with van der Waals surface area (Å²) < 4.78 is 11.4. The van der Waals surface area contributed by atoms with E-state index in [9.17, 15) is 9.59 Å². The third kappa shape index (κ3) is 3.55. The molecule has 0 amide bonds. The summed E-state index contributed by atoms with van der Waals surface area (Å²) in [6, 6.07) is 0. The highest BCUT2D eigenvalue weighted by Gasteiger charge is 2.71. The zero-order chi connectivity index (χ0) is 20.8. The van der Waals surface area contributed by atoms with Gasteiger partial charge in [0, 0.05) is 25.7 Å². The first-order chi connectivity index (χ1) is 13.1. The Morgan fingerprint density at radius 2 is 1.86 bits per heavy atom. The Kier molecular flexibility index (Phi) is 5.80. The number of carbonyl (C=O) groups is 2. The van der Waals surface area contributed by atoms with Crippen molar-refractivity contribution in [2.24, 2.45) is 35.0 Å². The standard InChI is InChI=1S/C24H36O4/c1-13(2)10-18(27-16(5)25)11-15(4)19-12-21(28-17(6)26)24(7)20-9-8-14(3)22(20)23(19)24/h10,14,18-23H,4,8-9,11-12H2,1-3,5-7H3/t14-,18-,19+,20?,21?,22?,23+,24+/m1/s1. The largest absolute Gasteiger partial charge is 0.462 e. The third-order valence-corrected chi connectivity index (χ3v) is 7.71. The number of hydrogen-bond donors (Lipinski definition) is 0. The second kappa shape index (κ2) is 7.68. The SMILES string of the molecule is C=C(C[C@@H](C=C(C)C)OC(C)=O)[C@@H]1CC(OC(C)=O)[C@]2(C)C3CC[C@@H](C)C3[C@H]12. The Bertz CT molecular complexity index is 689. The summed E-state index contributed by atoms with van der Waals surface area (Å²) in [4.78, 5) is 23.3. The maximum Gasteiger partial charge on any atom is 0.303 e. The fourth-order valence-corrected chi connectivity index (χ4v) is 6.81. The van der Waals surface area contributed by atoms with E-state index in [1.54, 1.807) is 0 Å². The molecule has 0 bridgehead atoms. The van der Waals surface area contributed by atoms with Crippen LogP contribution in [0.2, 0.25) is 0 Å². The van der Waals surface area contributed by atoms with Crippen LogP contribution in [0.15, 0.2) is 23.8 Å². The average Bonchev–Trinajstić information content (AvgIpc) is 2.99. The molecule has 0 aromatic heterocycles. The fourth-order valence-electron chi connectivity index (χ4n) is 6.81. The van der Waals surface area contributed by atoms with Gasteiger partial charge in [-0.2, -0.15) is 0 Å². The Hall–Kier alpha value is -1.58. The van der Waals surface area contributed by atoms with Crippen LogP contribution in [0.5, 0.6) is 0 Å². The van der Waals surface area contributed by atoms with Crippen molar-refractivity contribution in [1.82, 2.24) is 0 Å². The number of esters is 2. The van der Waals surface area contributed by atoms with Crippen LogP contribution in [0.4, 0.5) is 0 Å². The predicted octanol–water partition coefficient (Wildman–Crippen LogP) is 5.08. The lowest BCUT2D eigenvalue weighted by atomic mass is 9.46. The third-order valence-electron chi connectivity index (χ3n) is 7.71. The van der Waals surface area contributed by atoms with Crippen molar-refractivity contribution in [3.05, 3.63) is 23.8 Å². The second-order valence-corrected chi connectivity index (χ2v) is 9.82. The highest BCUT2D eigenvalue weighted by atomic mass is 16.5. The van der Waals surface area contributed by atoms with Crippen LogP contribution in [0.3, 0.4) is 0 Å². The highest BCUT2D eigenvalue weighted by Crippen LogP contribution is 2.73. The molecule has 3 fully saturated rings. The van der Waals surface area contributed by atoms with E-state index < -0.39 is 0 Å². The van der Waals surface area contributed by atoms with E-state index in [0.717, 1.165) is 23.5 Å². The summed E-state index contributed by atoms with van der Waals surface area (Å²) in [5.41, 5.74) is 2.32. The summed E-state index contributed by atoms with van der Waals surface area (Å²) in [5.74, 6) is 2.44. The van der Waals surface area contributed by atoms with Crippen LogP contribution in [0, 0.1) is 35.0 Å². The number of fused-ring (bicyclic) bond motifs is 4.